The molecule has 27 heavy (non-hydrogen) atoms. The number of rotatable bonds is 4. The largest absolute Gasteiger partial charge is 0.454 e. The van der Waals surface area contributed by atoms with Gasteiger partial charge in [0.2, 0.25) is 6.79 Å². The molecule has 2 aliphatic heterocycles. The highest BCUT2D eigenvalue weighted by Gasteiger charge is 2.30. The van der Waals surface area contributed by atoms with Crippen LogP contribution in [0.5, 0.6) is 11.5 Å². The molecule has 8 nitrogen and oxygen atoms in total. The standard InChI is InChI=1S/C19H23N3O5/c1-11-14(12(2)27-21-11)8-22-6-5-15(16(23)9-22)20-19(24)13-3-4-17-18(7-13)26-10-25-17/h3-4,7,15-16,23H,5-6,8-10H2,1-2H3,(H,20,24)/t15-,16-/m1/s1. The number of nitrogens with zero attached hydrogens (tertiary/aromatic N) is 2. The number of aromatic nitrogens is 1. The van der Waals surface area contributed by atoms with Crippen LogP contribution in [-0.4, -0.2) is 53.1 Å². The normalized spacial score (nSPS) is 22.0. The second-order valence-electron chi connectivity index (χ2n) is 7.04. The molecule has 1 aromatic heterocycles. The zero-order valence-electron chi connectivity index (χ0n) is 15.4. The molecule has 4 rings (SSSR count). The maximum absolute atomic E-state index is 12.5. The van der Waals surface area contributed by atoms with Crippen LogP contribution in [0.4, 0.5) is 0 Å². The monoisotopic (exact) mass is 373 g/mol. The molecule has 1 aromatic carbocycles. The molecule has 1 fully saturated rings. The minimum atomic E-state index is -0.641. The summed E-state index contributed by atoms with van der Waals surface area (Å²) in [6, 6.07) is 4.79. The van der Waals surface area contributed by atoms with E-state index in [4.69, 9.17) is 14.0 Å². The van der Waals surface area contributed by atoms with Crippen LogP contribution >= 0.6 is 0 Å². The van der Waals surface area contributed by atoms with Gasteiger partial charge in [-0.2, -0.15) is 0 Å². The van der Waals surface area contributed by atoms with Gasteiger partial charge in [-0.1, -0.05) is 5.16 Å². The first-order valence-electron chi connectivity index (χ1n) is 9.04. The van der Waals surface area contributed by atoms with Gasteiger partial charge in [0.25, 0.3) is 5.91 Å². The van der Waals surface area contributed by atoms with Gasteiger partial charge in [-0.05, 0) is 38.5 Å². The topological polar surface area (TPSA) is 97.1 Å². The van der Waals surface area contributed by atoms with Crippen molar-refractivity contribution < 1.29 is 23.9 Å². The Morgan fingerprint density at radius 1 is 1.33 bits per heavy atom. The van der Waals surface area contributed by atoms with Crippen molar-refractivity contribution in [1.29, 1.82) is 0 Å². The van der Waals surface area contributed by atoms with Crippen LogP contribution < -0.4 is 14.8 Å². The Labute approximate surface area is 157 Å². The van der Waals surface area contributed by atoms with Crippen molar-refractivity contribution in [2.24, 2.45) is 0 Å². The number of fused-ring (bicyclic) bond motifs is 1. The minimum absolute atomic E-state index is 0.169. The number of aryl methyl sites for hydroxylation is 2. The van der Waals surface area contributed by atoms with Crippen molar-refractivity contribution in [3.8, 4) is 11.5 Å². The fourth-order valence-corrected chi connectivity index (χ4v) is 3.55. The molecule has 0 saturated carbocycles. The Balaban J connectivity index is 1.35. The van der Waals surface area contributed by atoms with E-state index in [0.29, 0.717) is 36.6 Å². The van der Waals surface area contributed by atoms with Gasteiger partial charge in [0.15, 0.2) is 11.5 Å². The number of benzene rings is 1. The number of β-amino-alcohol motifs (C(OH)–C–C–N with tert-alkyl or cyclic N) is 1. The zero-order valence-corrected chi connectivity index (χ0v) is 15.4. The Morgan fingerprint density at radius 2 is 2.15 bits per heavy atom. The highest BCUT2D eigenvalue weighted by atomic mass is 16.7. The number of piperidine rings is 1. The molecular weight excluding hydrogens is 350 g/mol. The second kappa shape index (κ2) is 7.21. The molecule has 1 amide bonds. The van der Waals surface area contributed by atoms with Crippen LogP contribution in [0.3, 0.4) is 0 Å². The Morgan fingerprint density at radius 3 is 2.89 bits per heavy atom. The molecule has 0 bridgehead atoms. The molecular formula is C19H23N3O5. The smallest absolute Gasteiger partial charge is 0.251 e. The first-order valence-corrected chi connectivity index (χ1v) is 9.04. The van der Waals surface area contributed by atoms with Crippen molar-refractivity contribution in [3.63, 3.8) is 0 Å². The van der Waals surface area contributed by atoms with Crippen molar-refractivity contribution in [2.45, 2.75) is 39.0 Å². The van der Waals surface area contributed by atoms with E-state index in [0.717, 1.165) is 23.6 Å². The summed E-state index contributed by atoms with van der Waals surface area (Å²) in [6.07, 6.45) is 0.0260. The van der Waals surface area contributed by atoms with Gasteiger partial charge in [-0.3, -0.25) is 9.69 Å². The molecule has 2 aromatic rings. The number of amides is 1. The zero-order chi connectivity index (χ0) is 19.0. The summed E-state index contributed by atoms with van der Waals surface area (Å²) in [5, 5.41) is 17.4. The number of aliphatic hydroxyl groups excluding tert-OH is 1. The van der Waals surface area contributed by atoms with Crippen molar-refractivity contribution in [1.82, 2.24) is 15.4 Å². The Bertz CT molecular complexity index is 830. The summed E-state index contributed by atoms with van der Waals surface area (Å²) >= 11 is 0. The lowest BCUT2D eigenvalue weighted by molar-refractivity contribution is 0.0347. The van der Waals surface area contributed by atoms with Crippen LogP contribution in [0.25, 0.3) is 0 Å². The number of ether oxygens (including phenoxy) is 2. The number of aliphatic hydroxyl groups is 1. The molecule has 2 atom stereocenters. The molecule has 0 radical (unpaired) electrons. The second-order valence-corrected chi connectivity index (χ2v) is 7.04. The summed E-state index contributed by atoms with van der Waals surface area (Å²) < 4.78 is 15.8. The lowest BCUT2D eigenvalue weighted by atomic mass is 10.00. The number of hydrogen-bond acceptors (Lipinski definition) is 7. The third-order valence-corrected chi connectivity index (χ3v) is 5.18. The van der Waals surface area contributed by atoms with Gasteiger partial charge in [-0.25, -0.2) is 0 Å². The van der Waals surface area contributed by atoms with E-state index in [1.165, 1.54) is 0 Å². The third-order valence-electron chi connectivity index (χ3n) is 5.18. The van der Waals surface area contributed by atoms with Gasteiger partial charge in [0, 0.05) is 30.8 Å². The average Bonchev–Trinajstić information content (AvgIpc) is 3.25. The summed E-state index contributed by atoms with van der Waals surface area (Å²) in [7, 11) is 0. The summed E-state index contributed by atoms with van der Waals surface area (Å²) in [6.45, 7) is 5.91. The number of carbonyl (C=O) groups excluding carboxylic acids is 1. The SMILES string of the molecule is Cc1noc(C)c1CN1CC[C@@H](NC(=O)c2ccc3c(c2)OCO3)[C@H](O)C1. The van der Waals surface area contributed by atoms with Gasteiger partial charge in [0.1, 0.15) is 5.76 Å². The van der Waals surface area contributed by atoms with Crippen LogP contribution in [0, 0.1) is 13.8 Å². The van der Waals surface area contributed by atoms with Gasteiger partial charge >= 0.3 is 0 Å². The average molecular weight is 373 g/mol. The van der Waals surface area contributed by atoms with E-state index in [9.17, 15) is 9.90 Å². The Kier molecular flexibility index (Phi) is 4.75. The maximum atomic E-state index is 12.5. The first kappa shape index (κ1) is 17.8. The quantitative estimate of drug-likeness (QED) is 0.836. The van der Waals surface area contributed by atoms with E-state index in [1.54, 1.807) is 18.2 Å². The van der Waals surface area contributed by atoms with Gasteiger partial charge in [0.05, 0.1) is 17.8 Å². The molecule has 8 heteroatoms. The lowest BCUT2D eigenvalue weighted by Gasteiger charge is -2.36. The van der Waals surface area contributed by atoms with Crippen LogP contribution in [0.2, 0.25) is 0 Å². The molecule has 1 saturated heterocycles. The van der Waals surface area contributed by atoms with E-state index in [2.05, 4.69) is 15.4 Å². The predicted molar refractivity (Wildman–Crippen MR) is 95.7 cm³/mol. The molecule has 2 N–H and O–H groups in total. The summed E-state index contributed by atoms with van der Waals surface area (Å²) in [5.41, 5.74) is 2.43. The number of likely N-dealkylation sites (tertiary alicyclic amines) is 1. The summed E-state index contributed by atoms with van der Waals surface area (Å²) in [4.78, 5) is 14.7. The van der Waals surface area contributed by atoms with Crippen molar-refractivity contribution in [3.05, 3.63) is 40.8 Å². The third kappa shape index (κ3) is 3.63. The number of nitrogens with one attached hydrogen (secondary N) is 1. The maximum Gasteiger partial charge on any atom is 0.251 e. The molecule has 0 unspecified atom stereocenters. The fourth-order valence-electron chi connectivity index (χ4n) is 3.55. The number of carbonyl (C=O) groups is 1. The van der Waals surface area contributed by atoms with Crippen molar-refractivity contribution >= 4 is 5.91 Å². The fraction of sp³-hybridized carbons (Fsp3) is 0.474. The van der Waals surface area contributed by atoms with Crippen molar-refractivity contribution in [2.75, 3.05) is 19.9 Å². The van der Waals surface area contributed by atoms with E-state index in [1.807, 2.05) is 13.8 Å². The first-order chi connectivity index (χ1) is 13.0. The van der Waals surface area contributed by atoms with E-state index < -0.39 is 6.10 Å². The van der Waals surface area contributed by atoms with E-state index in [-0.39, 0.29) is 18.7 Å². The molecule has 2 aliphatic rings. The number of hydrogen-bond donors (Lipinski definition) is 2. The van der Waals surface area contributed by atoms with Gasteiger partial charge in [-0.15, -0.1) is 0 Å². The molecule has 0 spiro atoms. The van der Waals surface area contributed by atoms with E-state index >= 15 is 0 Å². The Hall–Kier alpha value is -2.58. The highest BCUT2D eigenvalue weighted by molar-refractivity contribution is 5.95. The summed E-state index contributed by atoms with van der Waals surface area (Å²) in [5.74, 6) is 1.79. The molecule has 3 heterocycles. The highest BCUT2D eigenvalue weighted by Crippen LogP contribution is 2.32. The van der Waals surface area contributed by atoms with Crippen LogP contribution in [0.15, 0.2) is 22.7 Å². The molecule has 0 aliphatic carbocycles. The van der Waals surface area contributed by atoms with Gasteiger partial charge < -0.3 is 24.4 Å². The van der Waals surface area contributed by atoms with Crippen LogP contribution in [-0.2, 0) is 6.54 Å². The predicted octanol–water partition coefficient (Wildman–Crippen LogP) is 1.39. The minimum Gasteiger partial charge on any atom is -0.454 e. The van der Waals surface area contributed by atoms with Crippen LogP contribution in [0.1, 0.15) is 33.8 Å². The lowest BCUT2D eigenvalue weighted by Crippen LogP contribution is -2.53. The molecule has 144 valence electrons.